The van der Waals surface area contributed by atoms with Crippen molar-refractivity contribution < 1.29 is 9.72 Å². The molecule has 128 valence electrons. The molecule has 0 aliphatic heterocycles. The molecule has 3 heterocycles. The van der Waals surface area contributed by atoms with Crippen molar-refractivity contribution in [1.82, 2.24) is 4.57 Å². The Morgan fingerprint density at radius 3 is 2.46 bits per heavy atom. The molecule has 4 rings (SSSR count). The standard InChI is InChI=1S/C18H10N2O4S2/c21-14-9-8-12-15(16(22)13-7-4-10-25-13)18(20(23)24)26-17(12)19(14)11-5-2-1-3-6-11/h1-10H. The molecular weight excluding hydrogens is 372 g/mol. The quantitative estimate of drug-likeness (QED) is 0.300. The predicted octanol–water partition coefficient (Wildman–Crippen LogP) is 4.25. The highest BCUT2D eigenvalue weighted by molar-refractivity contribution is 7.22. The number of rotatable bonds is 4. The molecule has 8 heteroatoms. The van der Waals surface area contributed by atoms with E-state index >= 15 is 0 Å². The van der Waals surface area contributed by atoms with Crippen molar-refractivity contribution >= 4 is 43.7 Å². The lowest BCUT2D eigenvalue weighted by atomic mass is 10.1. The molecule has 0 radical (unpaired) electrons. The Hall–Kier alpha value is -3.10. The number of aromatic nitrogens is 1. The summed E-state index contributed by atoms with van der Waals surface area (Å²) in [4.78, 5) is 37.1. The first-order valence-electron chi connectivity index (χ1n) is 7.54. The van der Waals surface area contributed by atoms with E-state index in [1.54, 1.807) is 41.8 Å². The Kier molecular flexibility index (Phi) is 3.98. The lowest BCUT2D eigenvalue weighted by molar-refractivity contribution is -0.380. The van der Waals surface area contributed by atoms with E-state index in [-0.39, 0.29) is 16.1 Å². The normalized spacial score (nSPS) is 10.9. The predicted molar refractivity (Wildman–Crippen MR) is 102 cm³/mol. The minimum atomic E-state index is -0.564. The fourth-order valence-electron chi connectivity index (χ4n) is 2.77. The summed E-state index contributed by atoms with van der Waals surface area (Å²) in [5.41, 5.74) is 0.312. The van der Waals surface area contributed by atoms with Crippen LogP contribution in [0.2, 0.25) is 0 Å². The number of hydrogen-bond acceptors (Lipinski definition) is 6. The summed E-state index contributed by atoms with van der Waals surface area (Å²) in [6.45, 7) is 0. The Labute approximate surface area is 154 Å². The number of carbonyl (C=O) groups is 1. The van der Waals surface area contributed by atoms with Gasteiger partial charge in [-0.2, -0.15) is 0 Å². The van der Waals surface area contributed by atoms with Crippen LogP contribution in [0.4, 0.5) is 5.00 Å². The second-order valence-corrected chi connectivity index (χ2v) is 7.33. The zero-order valence-corrected chi connectivity index (χ0v) is 14.8. The van der Waals surface area contributed by atoms with E-state index in [9.17, 15) is 19.7 Å². The van der Waals surface area contributed by atoms with Crippen LogP contribution in [0.3, 0.4) is 0 Å². The Morgan fingerprint density at radius 2 is 1.81 bits per heavy atom. The smallest absolute Gasteiger partial charge is 0.287 e. The molecular formula is C18H10N2O4S2. The zero-order chi connectivity index (χ0) is 18.3. The maximum absolute atomic E-state index is 12.9. The first kappa shape index (κ1) is 16.4. The summed E-state index contributed by atoms with van der Waals surface area (Å²) in [6.07, 6.45) is 0. The van der Waals surface area contributed by atoms with E-state index in [4.69, 9.17) is 0 Å². The molecule has 0 amide bonds. The second-order valence-electron chi connectivity index (χ2n) is 5.41. The molecule has 0 N–H and O–H groups in total. The summed E-state index contributed by atoms with van der Waals surface area (Å²) in [5.74, 6) is -0.406. The van der Waals surface area contributed by atoms with Gasteiger partial charge in [-0.05, 0) is 41.0 Å². The van der Waals surface area contributed by atoms with Crippen LogP contribution in [-0.2, 0) is 0 Å². The van der Waals surface area contributed by atoms with Crippen molar-refractivity contribution in [2.45, 2.75) is 0 Å². The van der Waals surface area contributed by atoms with Crippen LogP contribution < -0.4 is 5.56 Å². The Bertz CT molecular complexity index is 1190. The van der Waals surface area contributed by atoms with Crippen molar-refractivity contribution in [1.29, 1.82) is 0 Å². The summed E-state index contributed by atoms with van der Waals surface area (Å²) in [5, 5.41) is 13.5. The summed E-state index contributed by atoms with van der Waals surface area (Å²) < 4.78 is 1.40. The Balaban J connectivity index is 2.07. The van der Waals surface area contributed by atoms with Crippen molar-refractivity contribution in [2.75, 3.05) is 0 Å². The molecule has 0 aliphatic rings. The fraction of sp³-hybridized carbons (Fsp3) is 0. The number of nitro groups is 1. The van der Waals surface area contributed by atoms with Crippen molar-refractivity contribution in [3.63, 3.8) is 0 Å². The minimum Gasteiger partial charge on any atom is -0.287 e. The lowest BCUT2D eigenvalue weighted by Crippen LogP contribution is -2.16. The number of hydrogen-bond donors (Lipinski definition) is 0. The molecule has 0 unspecified atom stereocenters. The monoisotopic (exact) mass is 382 g/mol. The van der Waals surface area contributed by atoms with Gasteiger partial charge in [0.05, 0.1) is 15.5 Å². The van der Waals surface area contributed by atoms with Gasteiger partial charge in [-0.3, -0.25) is 24.3 Å². The van der Waals surface area contributed by atoms with E-state index in [0.29, 0.717) is 20.8 Å². The van der Waals surface area contributed by atoms with E-state index < -0.39 is 10.7 Å². The number of carbonyl (C=O) groups excluding carboxylic acids is 1. The van der Waals surface area contributed by atoms with Crippen LogP contribution in [0.25, 0.3) is 15.9 Å². The first-order chi connectivity index (χ1) is 12.6. The van der Waals surface area contributed by atoms with Crippen LogP contribution in [0.1, 0.15) is 15.2 Å². The number of para-hydroxylation sites is 1. The molecule has 0 bridgehead atoms. The molecule has 6 nitrogen and oxygen atoms in total. The van der Waals surface area contributed by atoms with Gasteiger partial charge in [0.25, 0.3) is 5.56 Å². The van der Waals surface area contributed by atoms with Crippen molar-refractivity contribution in [3.05, 3.63) is 90.9 Å². The topological polar surface area (TPSA) is 82.2 Å². The fourth-order valence-corrected chi connectivity index (χ4v) is 4.57. The molecule has 4 aromatic rings. The third kappa shape index (κ3) is 2.56. The van der Waals surface area contributed by atoms with Crippen LogP contribution in [0.15, 0.2) is 64.8 Å². The molecule has 0 aliphatic carbocycles. The van der Waals surface area contributed by atoms with Gasteiger partial charge in [0, 0.05) is 11.5 Å². The summed E-state index contributed by atoms with van der Waals surface area (Å²) >= 11 is 2.07. The number of pyridine rings is 1. The van der Waals surface area contributed by atoms with Crippen LogP contribution >= 0.6 is 22.7 Å². The summed E-state index contributed by atoms with van der Waals surface area (Å²) in [6, 6.07) is 15.0. The molecule has 3 aromatic heterocycles. The molecule has 1 aromatic carbocycles. The molecule has 0 spiro atoms. The molecule has 0 saturated heterocycles. The van der Waals surface area contributed by atoms with Gasteiger partial charge in [0.2, 0.25) is 5.78 Å². The third-order valence-electron chi connectivity index (χ3n) is 3.88. The number of thiophene rings is 2. The highest BCUT2D eigenvalue weighted by Crippen LogP contribution is 2.39. The number of ketones is 1. The average molecular weight is 382 g/mol. The van der Waals surface area contributed by atoms with Gasteiger partial charge in [-0.15, -0.1) is 11.3 Å². The molecule has 26 heavy (non-hydrogen) atoms. The van der Waals surface area contributed by atoms with Crippen molar-refractivity contribution in [3.8, 4) is 5.69 Å². The zero-order valence-electron chi connectivity index (χ0n) is 13.1. The maximum Gasteiger partial charge on any atom is 0.337 e. The van der Waals surface area contributed by atoms with Crippen LogP contribution in [0.5, 0.6) is 0 Å². The van der Waals surface area contributed by atoms with E-state index in [1.807, 2.05) is 6.07 Å². The van der Waals surface area contributed by atoms with Crippen LogP contribution in [-0.4, -0.2) is 15.3 Å². The molecule has 0 atom stereocenters. The minimum absolute atomic E-state index is 0.0298. The SMILES string of the molecule is O=C(c1cccs1)c1c([N+](=O)[O-])sc2c1ccc(=O)n2-c1ccccc1. The van der Waals surface area contributed by atoms with E-state index in [2.05, 4.69) is 0 Å². The van der Waals surface area contributed by atoms with Gasteiger partial charge < -0.3 is 0 Å². The van der Waals surface area contributed by atoms with Gasteiger partial charge in [-0.1, -0.05) is 24.3 Å². The Morgan fingerprint density at radius 1 is 1.04 bits per heavy atom. The highest BCUT2D eigenvalue weighted by atomic mass is 32.1. The third-order valence-corrected chi connectivity index (χ3v) is 5.89. The lowest BCUT2D eigenvalue weighted by Gasteiger charge is -2.06. The molecule has 0 fully saturated rings. The number of benzene rings is 1. The second kappa shape index (κ2) is 6.32. The molecule has 0 saturated carbocycles. The van der Waals surface area contributed by atoms with Gasteiger partial charge in [0.1, 0.15) is 10.4 Å². The summed E-state index contributed by atoms with van der Waals surface area (Å²) in [7, 11) is 0. The van der Waals surface area contributed by atoms with Gasteiger partial charge in [0.15, 0.2) is 0 Å². The first-order valence-corrected chi connectivity index (χ1v) is 9.24. The number of nitrogens with zero attached hydrogens (tertiary/aromatic N) is 2. The number of fused-ring (bicyclic) bond motifs is 1. The van der Waals surface area contributed by atoms with Gasteiger partial charge >= 0.3 is 5.00 Å². The van der Waals surface area contributed by atoms with E-state index in [1.165, 1.54) is 28.0 Å². The van der Waals surface area contributed by atoms with Crippen molar-refractivity contribution in [2.24, 2.45) is 0 Å². The highest BCUT2D eigenvalue weighted by Gasteiger charge is 2.30. The van der Waals surface area contributed by atoms with Gasteiger partial charge in [-0.25, -0.2) is 0 Å². The maximum atomic E-state index is 12.9. The van der Waals surface area contributed by atoms with E-state index in [0.717, 1.165) is 11.3 Å². The van der Waals surface area contributed by atoms with Crippen LogP contribution in [0, 0.1) is 10.1 Å². The average Bonchev–Trinajstić information content (AvgIpc) is 3.29. The largest absolute Gasteiger partial charge is 0.337 e.